The summed E-state index contributed by atoms with van der Waals surface area (Å²) in [5.74, 6) is 1.89. The largest absolute Gasteiger partial charge is 0.493 e. The predicted octanol–water partition coefficient (Wildman–Crippen LogP) is 4.71. The summed E-state index contributed by atoms with van der Waals surface area (Å²) in [6.45, 7) is 1.17. The van der Waals surface area contributed by atoms with Gasteiger partial charge in [-0.1, -0.05) is 29.5 Å². The van der Waals surface area contributed by atoms with Gasteiger partial charge in [0.2, 0.25) is 5.91 Å². The molecule has 8 heteroatoms. The van der Waals surface area contributed by atoms with Crippen LogP contribution < -0.4 is 14.9 Å². The SMILES string of the molecule is O=C(CCCn1c2c(sc1=O)[C@H]1c3ccccc3OC[C@H]1CS2)Nc1ccc(F)cc1. The molecular formula is C23H21FN2O3S2. The molecule has 3 heterocycles. The first-order chi connectivity index (χ1) is 15.1. The number of thioether (sulfide) groups is 1. The van der Waals surface area contributed by atoms with E-state index in [-0.39, 0.29) is 22.5 Å². The van der Waals surface area contributed by atoms with Gasteiger partial charge in [-0.2, -0.15) is 0 Å². The fourth-order valence-corrected chi connectivity index (χ4v) is 6.95. The highest BCUT2D eigenvalue weighted by Crippen LogP contribution is 2.50. The van der Waals surface area contributed by atoms with Crippen molar-refractivity contribution in [2.24, 2.45) is 5.92 Å². The molecule has 0 spiro atoms. The predicted molar refractivity (Wildman–Crippen MR) is 121 cm³/mol. The highest BCUT2D eigenvalue weighted by Gasteiger charge is 2.39. The summed E-state index contributed by atoms with van der Waals surface area (Å²) in [6, 6.07) is 13.8. The molecule has 5 rings (SSSR count). The minimum atomic E-state index is -0.341. The Morgan fingerprint density at radius 3 is 2.84 bits per heavy atom. The van der Waals surface area contributed by atoms with E-state index in [2.05, 4.69) is 11.4 Å². The van der Waals surface area contributed by atoms with Crippen LogP contribution in [-0.4, -0.2) is 22.8 Å². The summed E-state index contributed by atoms with van der Waals surface area (Å²) < 4.78 is 20.7. The van der Waals surface area contributed by atoms with E-state index in [0.29, 0.717) is 37.6 Å². The molecular weight excluding hydrogens is 435 g/mol. The van der Waals surface area contributed by atoms with Crippen LogP contribution in [0.25, 0.3) is 0 Å². The second-order valence-corrected chi connectivity index (χ2v) is 9.75. The molecule has 0 bridgehead atoms. The second-order valence-electron chi connectivity index (χ2n) is 7.75. The van der Waals surface area contributed by atoms with E-state index in [1.165, 1.54) is 35.6 Å². The second kappa shape index (κ2) is 8.51. The van der Waals surface area contributed by atoms with Crippen LogP contribution in [0.1, 0.15) is 29.2 Å². The summed E-state index contributed by atoms with van der Waals surface area (Å²) in [7, 11) is 0. The zero-order valence-corrected chi connectivity index (χ0v) is 18.3. The van der Waals surface area contributed by atoms with Crippen LogP contribution in [0.5, 0.6) is 5.75 Å². The number of thiazole rings is 1. The molecule has 2 aliphatic rings. The number of hydrogen-bond donors (Lipinski definition) is 1. The highest BCUT2D eigenvalue weighted by molar-refractivity contribution is 7.99. The Hall–Kier alpha value is -2.58. The average Bonchev–Trinajstić information content (AvgIpc) is 3.10. The van der Waals surface area contributed by atoms with Crippen molar-refractivity contribution in [1.82, 2.24) is 4.57 Å². The van der Waals surface area contributed by atoms with E-state index >= 15 is 0 Å². The van der Waals surface area contributed by atoms with Gasteiger partial charge in [0.1, 0.15) is 11.6 Å². The summed E-state index contributed by atoms with van der Waals surface area (Å²) in [5, 5.41) is 3.80. The Kier molecular flexibility index (Phi) is 5.58. The van der Waals surface area contributed by atoms with Crippen molar-refractivity contribution < 1.29 is 13.9 Å². The van der Waals surface area contributed by atoms with Crippen LogP contribution in [0.4, 0.5) is 10.1 Å². The van der Waals surface area contributed by atoms with Gasteiger partial charge in [-0.3, -0.25) is 14.2 Å². The molecule has 0 aliphatic carbocycles. The van der Waals surface area contributed by atoms with E-state index in [1.807, 2.05) is 22.8 Å². The van der Waals surface area contributed by atoms with Gasteiger partial charge < -0.3 is 10.1 Å². The first-order valence-electron chi connectivity index (χ1n) is 10.2. The number of nitrogens with zero attached hydrogens (tertiary/aromatic N) is 1. The van der Waals surface area contributed by atoms with Crippen LogP contribution in [0, 0.1) is 11.7 Å². The summed E-state index contributed by atoms with van der Waals surface area (Å²) in [4.78, 5) is 26.2. The maximum absolute atomic E-state index is 13.0. The molecule has 1 N–H and O–H groups in total. The van der Waals surface area contributed by atoms with Crippen LogP contribution in [-0.2, 0) is 11.3 Å². The van der Waals surface area contributed by atoms with Gasteiger partial charge in [0.25, 0.3) is 0 Å². The van der Waals surface area contributed by atoms with E-state index in [4.69, 9.17) is 4.74 Å². The lowest BCUT2D eigenvalue weighted by molar-refractivity contribution is -0.116. The lowest BCUT2D eigenvalue weighted by Crippen LogP contribution is -2.31. The third-order valence-corrected chi connectivity index (χ3v) is 8.18. The molecule has 160 valence electrons. The molecule has 0 unspecified atom stereocenters. The molecule has 2 atom stereocenters. The van der Waals surface area contributed by atoms with Crippen molar-refractivity contribution >= 4 is 34.7 Å². The minimum Gasteiger partial charge on any atom is -0.493 e. The monoisotopic (exact) mass is 456 g/mol. The smallest absolute Gasteiger partial charge is 0.308 e. The van der Waals surface area contributed by atoms with Gasteiger partial charge >= 0.3 is 4.87 Å². The summed E-state index contributed by atoms with van der Waals surface area (Å²) >= 11 is 3.04. The maximum atomic E-state index is 13.0. The fourth-order valence-electron chi connectivity index (χ4n) is 4.20. The van der Waals surface area contributed by atoms with Gasteiger partial charge in [0, 0.05) is 46.7 Å². The highest BCUT2D eigenvalue weighted by atomic mass is 32.2. The minimum absolute atomic E-state index is 0.0288. The number of benzene rings is 2. The van der Waals surface area contributed by atoms with E-state index < -0.39 is 0 Å². The molecule has 0 saturated heterocycles. The number of carbonyl (C=O) groups excluding carboxylic acids is 1. The number of anilines is 1. The Bertz CT molecular complexity index is 1170. The third kappa shape index (κ3) is 4.02. The topological polar surface area (TPSA) is 60.3 Å². The van der Waals surface area contributed by atoms with Crippen molar-refractivity contribution in [3.8, 4) is 5.75 Å². The first-order valence-corrected chi connectivity index (χ1v) is 12.0. The molecule has 0 saturated carbocycles. The molecule has 2 aromatic carbocycles. The Balaban J connectivity index is 1.29. The van der Waals surface area contributed by atoms with Crippen LogP contribution in [0.15, 0.2) is 58.4 Å². The number of hydrogen-bond acceptors (Lipinski definition) is 5. The van der Waals surface area contributed by atoms with Gasteiger partial charge in [-0.25, -0.2) is 4.39 Å². The lowest BCUT2D eigenvalue weighted by atomic mass is 9.84. The van der Waals surface area contributed by atoms with Crippen molar-refractivity contribution in [3.05, 3.63) is 74.5 Å². The lowest BCUT2D eigenvalue weighted by Gasteiger charge is -2.36. The van der Waals surface area contributed by atoms with Gasteiger partial charge in [0.05, 0.1) is 11.6 Å². The average molecular weight is 457 g/mol. The zero-order chi connectivity index (χ0) is 21.4. The summed E-state index contributed by atoms with van der Waals surface area (Å²) in [5.41, 5.74) is 1.73. The number of aromatic nitrogens is 1. The molecule has 5 nitrogen and oxygen atoms in total. The normalized spacial score (nSPS) is 19.0. The van der Waals surface area contributed by atoms with E-state index in [0.717, 1.165) is 27.0 Å². The fraction of sp³-hybridized carbons (Fsp3) is 0.304. The number of amides is 1. The molecule has 0 fully saturated rings. The van der Waals surface area contributed by atoms with Gasteiger partial charge in [-0.05, 0) is 36.8 Å². The number of fused-ring (bicyclic) bond motifs is 5. The quantitative estimate of drug-likeness (QED) is 0.604. The Morgan fingerprint density at radius 1 is 1.19 bits per heavy atom. The number of carbonyl (C=O) groups is 1. The first kappa shape index (κ1) is 20.3. The van der Waals surface area contributed by atoms with Crippen molar-refractivity contribution in [1.29, 1.82) is 0 Å². The zero-order valence-electron chi connectivity index (χ0n) is 16.7. The molecule has 3 aromatic rings. The standard InChI is InChI=1S/C23H21FN2O3S2/c24-15-7-9-16(10-8-15)25-19(27)6-3-11-26-22-21(31-23(26)28)20-14(13-30-22)12-29-18-5-2-1-4-17(18)20/h1-2,4-5,7-10,14,20H,3,6,11-13H2,(H,25,27)/t14-,20+/m0/s1. The maximum Gasteiger partial charge on any atom is 0.308 e. The number of halogens is 1. The number of rotatable bonds is 5. The molecule has 1 aromatic heterocycles. The molecule has 2 aliphatic heterocycles. The number of nitrogens with one attached hydrogen (secondary N) is 1. The van der Waals surface area contributed by atoms with E-state index in [9.17, 15) is 14.0 Å². The van der Waals surface area contributed by atoms with Crippen molar-refractivity contribution in [3.63, 3.8) is 0 Å². The van der Waals surface area contributed by atoms with Crippen LogP contribution in [0.3, 0.4) is 0 Å². The van der Waals surface area contributed by atoms with Crippen molar-refractivity contribution in [2.75, 3.05) is 17.7 Å². The third-order valence-electron chi connectivity index (χ3n) is 5.68. The number of para-hydroxylation sites is 1. The van der Waals surface area contributed by atoms with Crippen LogP contribution in [0.2, 0.25) is 0 Å². The Morgan fingerprint density at radius 2 is 2.00 bits per heavy atom. The molecule has 0 radical (unpaired) electrons. The van der Waals surface area contributed by atoms with Gasteiger partial charge in [0.15, 0.2) is 0 Å². The number of ether oxygens (including phenoxy) is 1. The van der Waals surface area contributed by atoms with E-state index in [1.54, 1.807) is 11.8 Å². The summed E-state index contributed by atoms with van der Waals surface area (Å²) in [6.07, 6.45) is 0.853. The van der Waals surface area contributed by atoms with Crippen molar-refractivity contribution in [2.45, 2.75) is 30.3 Å². The van der Waals surface area contributed by atoms with Gasteiger partial charge in [-0.15, -0.1) is 11.8 Å². The van der Waals surface area contributed by atoms with Crippen LogP contribution >= 0.6 is 23.1 Å². The Labute approximate surface area is 187 Å². The molecule has 1 amide bonds. The molecule has 31 heavy (non-hydrogen) atoms.